The molecule has 168 valence electrons. The summed E-state index contributed by atoms with van der Waals surface area (Å²) < 4.78 is 17.2. The van der Waals surface area contributed by atoms with Gasteiger partial charge in [0.25, 0.3) is 5.91 Å². The van der Waals surface area contributed by atoms with E-state index in [0.717, 1.165) is 12.8 Å². The van der Waals surface area contributed by atoms with Gasteiger partial charge in [-0.3, -0.25) is 9.59 Å². The Balaban J connectivity index is 2.17. The summed E-state index contributed by atoms with van der Waals surface area (Å²) >= 11 is 0. The Morgan fingerprint density at radius 2 is 1.27 bits per heavy atom. The zero-order valence-electron chi connectivity index (χ0n) is 19.0. The van der Waals surface area contributed by atoms with E-state index in [1.54, 1.807) is 17.0 Å². The lowest BCUT2D eigenvalue weighted by Gasteiger charge is -2.36. The highest BCUT2D eigenvalue weighted by Crippen LogP contribution is 2.39. The van der Waals surface area contributed by atoms with Crippen LogP contribution in [-0.4, -0.2) is 67.6 Å². The summed E-state index contributed by atoms with van der Waals surface area (Å²) in [5, 5.41) is 0. The summed E-state index contributed by atoms with van der Waals surface area (Å²) in [5.74, 6) is 1.73. The van der Waals surface area contributed by atoms with Gasteiger partial charge in [0.15, 0.2) is 11.5 Å². The van der Waals surface area contributed by atoms with Gasteiger partial charge >= 0.3 is 0 Å². The Morgan fingerprint density at radius 1 is 0.800 bits per heavy atom. The van der Waals surface area contributed by atoms with Gasteiger partial charge in [-0.15, -0.1) is 0 Å². The van der Waals surface area contributed by atoms with Crippen LogP contribution in [0.1, 0.15) is 57.8 Å². The molecule has 1 saturated heterocycles. The highest BCUT2D eigenvalue weighted by molar-refractivity contribution is 5.96. The van der Waals surface area contributed by atoms with Crippen molar-refractivity contribution in [3.8, 4) is 17.2 Å². The minimum absolute atomic E-state index is 0.0702. The molecule has 0 spiro atoms. The second-order valence-electron chi connectivity index (χ2n) is 7.23. The third-order valence-corrected chi connectivity index (χ3v) is 5.37. The number of ether oxygens (including phenoxy) is 3. The third-order valence-electron chi connectivity index (χ3n) is 5.37. The number of benzene rings is 1. The van der Waals surface area contributed by atoms with E-state index in [1.165, 1.54) is 0 Å². The molecule has 0 N–H and O–H groups in total. The highest BCUT2D eigenvalue weighted by atomic mass is 16.5. The highest BCUT2D eigenvalue weighted by Gasteiger charge is 2.29. The fourth-order valence-corrected chi connectivity index (χ4v) is 3.72. The van der Waals surface area contributed by atoms with E-state index in [2.05, 4.69) is 0 Å². The minimum atomic E-state index is -0.0883. The lowest BCUT2D eigenvalue weighted by Crippen LogP contribution is -2.51. The van der Waals surface area contributed by atoms with E-state index in [1.807, 2.05) is 39.5 Å². The molecule has 2 amide bonds. The fraction of sp³-hybridized carbons (Fsp3) is 0.652. The Labute approximate surface area is 180 Å². The monoisotopic (exact) mass is 420 g/mol. The van der Waals surface area contributed by atoms with E-state index in [-0.39, 0.29) is 17.7 Å². The van der Waals surface area contributed by atoms with Crippen LogP contribution >= 0.6 is 0 Å². The lowest BCUT2D eigenvalue weighted by molar-refractivity contribution is -0.137. The van der Waals surface area contributed by atoms with Crippen molar-refractivity contribution in [2.24, 2.45) is 5.92 Å². The van der Waals surface area contributed by atoms with Crippen LogP contribution in [0.15, 0.2) is 12.1 Å². The Bertz CT molecular complexity index is 683. The molecular weight excluding hydrogens is 384 g/mol. The standard InChI is InChI=1S/C23H36N2O5/c1-6-17(7-2)22(26)24-11-13-25(14-12-24)23(27)18-15-19(28-8-3)21(30-10-5)20(16-18)29-9-4/h15-17H,6-14H2,1-5H3. The van der Waals surface area contributed by atoms with E-state index in [9.17, 15) is 9.59 Å². The number of rotatable bonds is 10. The quantitative estimate of drug-likeness (QED) is 0.578. The SMILES string of the molecule is CCOc1cc(C(=O)N2CCN(C(=O)C(CC)CC)CC2)cc(OCC)c1OCC. The molecule has 2 rings (SSSR count). The molecule has 7 heteroatoms. The van der Waals surface area contributed by atoms with Crippen LogP contribution in [0.3, 0.4) is 0 Å². The van der Waals surface area contributed by atoms with Crippen molar-refractivity contribution in [2.75, 3.05) is 46.0 Å². The summed E-state index contributed by atoms with van der Waals surface area (Å²) in [7, 11) is 0. The zero-order valence-corrected chi connectivity index (χ0v) is 19.0. The first kappa shape index (κ1) is 23.8. The summed E-state index contributed by atoms with van der Waals surface area (Å²) in [4.78, 5) is 29.5. The summed E-state index contributed by atoms with van der Waals surface area (Å²) in [6, 6.07) is 3.45. The Kier molecular flexibility index (Phi) is 9.27. The number of amides is 2. The van der Waals surface area contributed by atoms with Crippen molar-refractivity contribution in [1.82, 2.24) is 9.80 Å². The van der Waals surface area contributed by atoms with Gasteiger partial charge in [-0.1, -0.05) is 13.8 Å². The lowest BCUT2D eigenvalue weighted by atomic mass is 10.0. The molecule has 1 heterocycles. The molecule has 0 radical (unpaired) electrons. The first-order valence-electron chi connectivity index (χ1n) is 11.1. The van der Waals surface area contributed by atoms with Gasteiger partial charge in [-0.05, 0) is 45.7 Å². The largest absolute Gasteiger partial charge is 0.490 e. The Hall–Kier alpha value is -2.44. The normalized spacial score (nSPS) is 14.1. The molecule has 30 heavy (non-hydrogen) atoms. The maximum Gasteiger partial charge on any atom is 0.254 e. The molecule has 1 aromatic rings. The van der Waals surface area contributed by atoms with Crippen molar-refractivity contribution in [3.63, 3.8) is 0 Å². The first-order valence-corrected chi connectivity index (χ1v) is 11.1. The average Bonchev–Trinajstić information content (AvgIpc) is 2.76. The molecule has 0 bridgehead atoms. The minimum Gasteiger partial charge on any atom is -0.490 e. The van der Waals surface area contributed by atoms with Crippen molar-refractivity contribution < 1.29 is 23.8 Å². The molecule has 1 aromatic carbocycles. The van der Waals surface area contributed by atoms with Crippen molar-refractivity contribution >= 4 is 11.8 Å². The van der Waals surface area contributed by atoms with E-state index in [0.29, 0.717) is 68.8 Å². The summed E-state index contributed by atoms with van der Waals surface area (Å²) in [5.41, 5.74) is 0.505. The van der Waals surface area contributed by atoms with Crippen LogP contribution in [0.4, 0.5) is 0 Å². The van der Waals surface area contributed by atoms with E-state index >= 15 is 0 Å². The molecule has 0 unspecified atom stereocenters. The molecule has 0 saturated carbocycles. The van der Waals surface area contributed by atoms with Crippen LogP contribution in [-0.2, 0) is 4.79 Å². The van der Waals surface area contributed by atoms with Crippen LogP contribution in [0.5, 0.6) is 17.2 Å². The Morgan fingerprint density at radius 3 is 1.70 bits per heavy atom. The number of carbonyl (C=O) groups is 2. The third kappa shape index (κ3) is 5.58. The molecule has 7 nitrogen and oxygen atoms in total. The van der Waals surface area contributed by atoms with Crippen molar-refractivity contribution in [1.29, 1.82) is 0 Å². The van der Waals surface area contributed by atoms with Crippen LogP contribution in [0.25, 0.3) is 0 Å². The molecule has 1 aliphatic rings. The second kappa shape index (κ2) is 11.7. The topological polar surface area (TPSA) is 68.3 Å². The predicted molar refractivity (Wildman–Crippen MR) is 117 cm³/mol. The van der Waals surface area contributed by atoms with Crippen LogP contribution < -0.4 is 14.2 Å². The fourth-order valence-electron chi connectivity index (χ4n) is 3.72. The van der Waals surface area contributed by atoms with Gasteiger partial charge in [0.05, 0.1) is 19.8 Å². The summed E-state index contributed by atoms with van der Waals surface area (Å²) in [6.07, 6.45) is 1.70. The maximum absolute atomic E-state index is 13.2. The molecule has 1 aliphatic heterocycles. The first-order chi connectivity index (χ1) is 14.5. The molecule has 0 aliphatic carbocycles. The number of nitrogens with zero attached hydrogens (tertiary/aromatic N) is 2. The molecule has 0 atom stereocenters. The average molecular weight is 421 g/mol. The van der Waals surface area contributed by atoms with Crippen LogP contribution in [0, 0.1) is 5.92 Å². The smallest absolute Gasteiger partial charge is 0.254 e. The van der Waals surface area contributed by atoms with Crippen molar-refractivity contribution in [2.45, 2.75) is 47.5 Å². The molecule has 1 fully saturated rings. The number of carbonyl (C=O) groups excluding carboxylic acids is 2. The van der Waals surface area contributed by atoms with Crippen LogP contribution in [0.2, 0.25) is 0 Å². The van der Waals surface area contributed by atoms with Crippen molar-refractivity contribution in [3.05, 3.63) is 17.7 Å². The molecule has 0 aromatic heterocycles. The van der Waals surface area contributed by atoms with Gasteiger partial charge in [0, 0.05) is 37.7 Å². The second-order valence-corrected chi connectivity index (χ2v) is 7.23. The number of hydrogen-bond donors (Lipinski definition) is 0. The molecular formula is C23H36N2O5. The van der Waals surface area contributed by atoms with Gasteiger partial charge in [-0.2, -0.15) is 0 Å². The predicted octanol–water partition coefficient (Wildman–Crippen LogP) is 3.60. The zero-order chi connectivity index (χ0) is 22.1. The number of piperazine rings is 1. The van der Waals surface area contributed by atoms with Gasteiger partial charge < -0.3 is 24.0 Å². The summed E-state index contributed by atoms with van der Waals surface area (Å²) in [6.45, 7) is 13.3. The number of hydrogen-bond acceptors (Lipinski definition) is 5. The maximum atomic E-state index is 13.2. The van der Waals surface area contributed by atoms with E-state index < -0.39 is 0 Å². The van der Waals surface area contributed by atoms with Gasteiger partial charge in [0.1, 0.15) is 0 Å². The van der Waals surface area contributed by atoms with Gasteiger partial charge in [-0.25, -0.2) is 0 Å². The van der Waals surface area contributed by atoms with Gasteiger partial charge in [0.2, 0.25) is 11.7 Å². The van der Waals surface area contributed by atoms with E-state index in [4.69, 9.17) is 14.2 Å².